The molecule has 1 fully saturated rings. The van der Waals surface area contributed by atoms with Crippen molar-refractivity contribution < 1.29 is 9.13 Å². The predicted molar refractivity (Wildman–Crippen MR) is 80.8 cm³/mol. The molecule has 1 aliphatic heterocycles. The van der Waals surface area contributed by atoms with E-state index in [1.54, 1.807) is 12.1 Å². The minimum Gasteiger partial charge on any atom is -0.381 e. The molecular weight excluding hydrogens is 277 g/mol. The zero-order chi connectivity index (χ0) is 14.4. The van der Waals surface area contributed by atoms with Gasteiger partial charge in [-0.3, -0.25) is 0 Å². The van der Waals surface area contributed by atoms with Crippen molar-refractivity contribution in [2.45, 2.75) is 32.6 Å². The van der Waals surface area contributed by atoms with Crippen molar-refractivity contribution in [3.8, 4) is 0 Å². The lowest BCUT2D eigenvalue weighted by Gasteiger charge is -2.37. The summed E-state index contributed by atoms with van der Waals surface area (Å²) in [6.07, 6.45) is 4.14. The van der Waals surface area contributed by atoms with Crippen molar-refractivity contribution in [3.63, 3.8) is 0 Å². The molecule has 0 radical (unpaired) electrons. The van der Waals surface area contributed by atoms with Crippen molar-refractivity contribution in [1.29, 1.82) is 0 Å². The number of hydrogen-bond acceptors (Lipinski definition) is 2. The first-order valence-electron chi connectivity index (χ1n) is 7.38. The SMILES string of the molecule is CCCNCC1(Cc2ccc(Cl)c(F)c2)CCCOC1. The molecule has 4 heteroatoms. The first-order chi connectivity index (χ1) is 9.65. The molecule has 1 aromatic rings. The minimum absolute atomic E-state index is 0.0771. The quantitative estimate of drug-likeness (QED) is 0.806. The van der Waals surface area contributed by atoms with Gasteiger partial charge in [-0.25, -0.2) is 4.39 Å². The van der Waals surface area contributed by atoms with E-state index in [0.29, 0.717) is 0 Å². The van der Waals surface area contributed by atoms with E-state index in [9.17, 15) is 4.39 Å². The molecule has 2 rings (SSSR count). The number of ether oxygens (including phenoxy) is 1. The molecule has 2 nitrogen and oxygen atoms in total. The Kier molecular flexibility index (Phi) is 5.82. The second kappa shape index (κ2) is 7.39. The largest absolute Gasteiger partial charge is 0.381 e. The van der Waals surface area contributed by atoms with Crippen LogP contribution in [0.15, 0.2) is 18.2 Å². The fraction of sp³-hybridized carbons (Fsp3) is 0.625. The molecule has 0 aliphatic carbocycles. The molecule has 112 valence electrons. The van der Waals surface area contributed by atoms with Crippen molar-refractivity contribution in [1.82, 2.24) is 5.32 Å². The summed E-state index contributed by atoms with van der Waals surface area (Å²) in [6, 6.07) is 5.11. The van der Waals surface area contributed by atoms with Crippen LogP contribution in [0.25, 0.3) is 0 Å². The first kappa shape index (κ1) is 15.7. The van der Waals surface area contributed by atoms with Crippen LogP contribution in [0.5, 0.6) is 0 Å². The number of nitrogens with one attached hydrogen (secondary N) is 1. The van der Waals surface area contributed by atoms with Crippen LogP contribution in [-0.4, -0.2) is 26.3 Å². The Labute approximate surface area is 125 Å². The van der Waals surface area contributed by atoms with E-state index in [0.717, 1.165) is 57.6 Å². The summed E-state index contributed by atoms with van der Waals surface area (Å²) >= 11 is 5.75. The molecule has 1 unspecified atom stereocenters. The molecule has 1 N–H and O–H groups in total. The Bertz CT molecular complexity index is 432. The van der Waals surface area contributed by atoms with Gasteiger partial charge >= 0.3 is 0 Å². The summed E-state index contributed by atoms with van der Waals surface area (Å²) in [7, 11) is 0. The minimum atomic E-state index is -0.336. The van der Waals surface area contributed by atoms with Crippen LogP contribution >= 0.6 is 11.6 Å². The highest BCUT2D eigenvalue weighted by Gasteiger charge is 2.32. The number of benzene rings is 1. The maximum atomic E-state index is 13.6. The zero-order valence-corrected chi connectivity index (χ0v) is 12.8. The van der Waals surface area contributed by atoms with Gasteiger partial charge in [-0.2, -0.15) is 0 Å². The zero-order valence-electron chi connectivity index (χ0n) is 12.1. The van der Waals surface area contributed by atoms with E-state index in [2.05, 4.69) is 12.2 Å². The lowest BCUT2D eigenvalue weighted by Crippen LogP contribution is -2.43. The molecule has 0 aromatic heterocycles. The maximum Gasteiger partial charge on any atom is 0.142 e. The third-order valence-electron chi connectivity index (χ3n) is 3.89. The first-order valence-corrected chi connectivity index (χ1v) is 7.75. The number of rotatable bonds is 6. The molecule has 0 spiro atoms. The van der Waals surface area contributed by atoms with Crippen LogP contribution < -0.4 is 5.32 Å². The Balaban J connectivity index is 2.07. The third kappa shape index (κ3) is 4.18. The Hall–Kier alpha value is -0.640. The van der Waals surface area contributed by atoms with Gasteiger partial charge in [0.25, 0.3) is 0 Å². The molecule has 0 saturated carbocycles. The second-order valence-electron chi connectivity index (χ2n) is 5.76. The van der Waals surface area contributed by atoms with Crippen LogP contribution in [-0.2, 0) is 11.2 Å². The summed E-state index contributed by atoms with van der Waals surface area (Å²) in [5.41, 5.74) is 1.07. The van der Waals surface area contributed by atoms with Gasteiger partial charge in [0.15, 0.2) is 0 Å². The summed E-state index contributed by atoms with van der Waals surface area (Å²) in [5, 5.41) is 3.68. The Morgan fingerprint density at radius 2 is 2.30 bits per heavy atom. The van der Waals surface area contributed by atoms with Gasteiger partial charge < -0.3 is 10.1 Å². The van der Waals surface area contributed by atoms with Gasteiger partial charge in [-0.05, 0) is 49.9 Å². The summed E-state index contributed by atoms with van der Waals surface area (Å²) in [4.78, 5) is 0. The fourth-order valence-electron chi connectivity index (χ4n) is 2.86. The number of halogens is 2. The monoisotopic (exact) mass is 299 g/mol. The maximum absolute atomic E-state index is 13.6. The normalized spacial score (nSPS) is 22.9. The predicted octanol–water partition coefficient (Wildman–Crippen LogP) is 3.82. The van der Waals surface area contributed by atoms with Gasteiger partial charge in [0.1, 0.15) is 5.82 Å². The molecule has 20 heavy (non-hydrogen) atoms. The Morgan fingerprint density at radius 3 is 2.95 bits per heavy atom. The van der Waals surface area contributed by atoms with Gasteiger partial charge in [-0.1, -0.05) is 24.6 Å². The van der Waals surface area contributed by atoms with Gasteiger partial charge in [0.2, 0.25) is 0 Å². The van der Waals surface area contributed by atoms with Gasteiger partial charge in [0, 0.05) is 18.6 Å². The van der Waals surface area contributed by atoms with Gasteiger partial charge in [-0.15, -0.1) is 0 Å². The van der Waals surface area contributed by atoms with E-state index in [-0.39, 0.29) is 16.3 Å². The lowest BCUT2D eigenvalue weighted by atomic mass is 9.77. The molecule has 1 aliphatic rings. The van der Waals surface area contributed by atoms with Crippen LogP contribution in [0.2, 0.25) is 5.02 Å². The van der Waals surface area contributed by atoms with E-state index in [4.69, 9.17) is 16.3 Å². The van der Waals surface area contributed by atoms with E-state index in [1.807, 2.05) is 6.07 Å². The molecule has 0 bridgehead atoms. The van der Waals surface area contributed by atoms with Crippen molar-refractivity contribution in [2.24, 2.45) is 5.41 Å². The van der Waals surface area contributed by atoms with Crippen molar-refractivity contribution in [2.75, 3.05) is 26.3 Å². The summed E-state index contributed by atoms with van der Waals surface area (Å²) in [6.45, 7) is 5.67. The molecule has 1 atom stereocenters. The topological polar surface area (TPSA) is 21.3 Å². The molecule has 1 aromatic carbocycles. The average molecular weight is 300 g/mol. The highest BCUT2D eigenvalue weighted by molar-refractivity contribution is 6.30. The molecule has 0 amide bonds. The Morgan fingerprint density at radius 1 is 1.45 bits per heavy atom. The molecular formula is C16H23ClFNO. The fourth-order valence-corrected chi connectivity index (χ4v) is 2.98. The van der Waals surface area contributed by atoms with Crippen molar-refractivity contribution >= 4 is 11.6 Å². The van der Waals surface area contributed by atoms with Crippen LogP contribution in [0.4, 0.5) is 4.39 Å². The average Bonchev–Trinajstić information content (AvgIpc) is 2.44. The van der Waals surface area contributed by atoms with E-state index in [1.165, 1.54) is 0 Å². The number of hydrogen-bond donors (Lipinski definition) is 1. The summed E-state index contributed by atoms with van der Waals surface area (Å²) < 4.78 is 19.3. The third-order valence-corrected chi connectivity index (χ3v) is 4.20. The highest BCUT2D eigenvalue weighted by atomic mass is 35.5. The van der Waals surface area contributed by atoms with E-state index >= 15 is 0 Å². The van der Waals surface area contributed by atoms with Gasteiger partial charge in [0.05, 0.1) is 11.6 Å². The highest BCUT2D eigenvalue weighted by Crippen LogP contribution is 2.32. The summed E-state index contributed by atoms with van der Waals surface area (Å²) in [5.74, 6) is -0.336. The standard InChI is InChI=1S/C16H23ClFNO/c1-2-7-19-11-16(6-3-8-20-12-16)10-13-4-5-14(17)15(18)9-13/h4-5,9,19H,2-3,6-8,10-12H2,1H3. The lowest BCUT2D eigenvalue weighted by molar-refractivity contribution is -0.00709. The van der Waals surface area contributed by atoms with Crippen LogP contribution in [0, 0.1) is 11.2 Å². The second-order valence-corrected chi connectivity index (χ2v) is 6.17. The van der Waals surface area contributed by atoms with Crippen LogP contribution in [0.1, 0.15) is 31.7 Å². The molecule has 1 saturated heterocycles. The van der Waals surface area contributed by atoms with Crippen molar-refractivity contribution in [3.05, 3.63) is 34.6 Å². The van der Waals surface area contributed by atoms with E-state index < -0.39 is 0 Å². The molecule has 1 heterocycles. The smallest absolute Gasteiger partial charge is 0.142 e. The van der Waals surface area contributed by atoms with Crippen LogP contribution in [0.3, 0.4) is 0 Å².